The average molecular weight is 251 g/mol. The average Bonchev–Trinajstić information content (AvgIpc) is 2.19. The zero-order valence-corrected chi connectivity index (χ0v) is 11.8. The first-order chi connectivity index (χ1) is 8.37. The lowest BCUT2D eigenvalue weighted by Gasteiger charge is -2.31. The summed E-state index contributed by atoms with van der Waals surface area (Å²) in [7, 11) is 0. The molecule has 1 fully saturated rings. The van der Waals surface area contributed by atoms with Gasteiger partial charge in [-0.05, 0) is 33.6 Å². The molecule has 4 nitrogen and oxygen atoms in total. The van der Waals surface area contributed by atoms with Gasteiger partial charge in [-0.3, -0.25) is 0 Å². The topological polar surface area (TPSA) is 64.9 Å². The van der Waals surface area contributed by atoms with E-state index in [4.69, 9.17) is 0 Å². The van der Waals surface area contributed by atoms with Gasteiger partial charge in [0.2, 0.25) is 0 Å². The molecule has 1 aliphatic carbocycles. The van der Waals surface area contributed by atoms with Crippen LogP contribution in [-0.2, 0) is 0 Å². The van der Waals surface area contributed by atoms with E-state index in [9.17, 15) is 10.1 Å². The summed E-state index contributed by atoms with van der Waals surface area (Å²) in [5.41, 5.74) is -0.946. The lowest BCUT2D eigenvalue weighted by molar-refractivity contribution is 0.216. The van der Waals surface area contributed by atoms with Gasteiger partial charge in [0.1, 0.15) is 5.54 Å². The van der Waals surface area contributed by atoms with Crippen LogP contribution in [0.15, 0.2) is 0 Å². The van der Waals surface area contributed by atoms with Crippen molar-refractivity contribution in [2.24, 2.45) is 0 Å². The van der Waals surface area contributed by atoms with Gasteiger partial charge in [0.15, 0.2) is 0 Å². The number of hydrogen-bond donors (Lipinski definition) is 2. The van der Waals surface area contributed by atoms with Crippen LogP contribution >= 0.6 is 0 Å². The smallest absolute Gasteiger partial charge is 0.316 e. The third-order valence-corrected chi connectivity index (χ3v) is 3.26. The van der Waals surface area contributed by atoms with Crippen molar-refractivity contribution in [2.75, 3.05) is 0 Å². The molecule has 0 saturated heterocycles. The van der Waals surface area contributed by atoms with Gasteiger partial charge in [0.25, 0.3) is 0 Å². The number of amides is 2. The first kappa shape index (κ1) is 14.8. The highest BCUT2D eigenvalue weighted by Crippen LogP contribution is 2.25. The lowest BCUT2D eigenvalue weighted by Crippen LogP contribution is -2.55. The van der Waals surface area contributed by atoms with Gasteiger partial charge < -0.3 is 10.6 Å². The monoisotopic (exact) mass is 251 g/mol. The number of hydrogen-bond acceptors (Lipinski definition) is 2. The van der Waals surface area contributed by atoms with E-state index >= 15 is 0 Å². The van der Waals surface area contributed by atoms with Crippen molar-refractivity contribution in [3.63, 3.8) is 0 Å². The minimum absolute atomic E-state index is 0.232. The summed E-state index contributed by atoms with van der Waals surface area (Å²) in [6.07, 6.45) is 7.13. The van der Waals surface area contributed by atoms with E-state index in [1.807, 2.05) is 20.8 Å². The van der Waals surface area contributed by atoms with Crippen LogP contribution in [0.3, 0.4) is 0 Å². The van der Waals surface area contributed by atoms with Crippen molar-refractivity contribution in [2.45, 2.75) is 76.8 Å². The van der Waals surface area contributed by atoms with Gasteiger partial charge in [0, 0.05) is 5.54 Å². The third-order valence-electron chi connectivity index (χ3n) is 3.26. The van der Waals surface area contributed by atoms with Gasteiger partial charge >= 0.3 is 6.03 Å². The molecule has 18 heavy (non-hydrogen) atoms. The van der Waals surface area contributed by atoms with Gasteiger partial charge in [-0.2, -0.15) is 5.26 Å². The molecule has 0 unspecified atom stereocenters. The summed E-state index contributed by atoms with van der Waals surface area (Å²) >= 11 is 0. The minimum Gasteiger partial charge on any atom is -0.334 e. The van der Waals surface area contributed by atoms with Crippen molar-refractivity contribution >= 4 is 6.03 Å². The molecule has 0 aromatic rings. The zero-order chi connectivity index (χ0) is 13.6. The van der Waals surface area contributed by atoms with E-state index in [2.05, 4.69) is 16.7 Å². The summed E-state index contributed by atoms with van der Waals surface area (Å²) in [4.78, 5) is 11.9. The van der Waals surface area contributed by atoms with Crippen molar-refractivity contribution in [1.82, 2.24) is 10.6 Å². The van der Waals surface area contributed by atoms with E-state index in [1.165, 1.54) is 6.42 Å². The highest BCUT2D eigenvalue weighted by molar-refractivity contribution is 5.76. The fourth-order valence-corrected chi connectivity index (χ4v) is 2.36. The van der Waals surface area contributed by atoms with Crippen molar-refractivity contribution in [1.29, 1.82) is 5.26 Å². The quantitative estimate of drug-likeness (QED) is 0.752. The largest absolute Gasteiger partial charge is 0.334 e. The normalized spacial score (nSPS) is 20.1. The summed E-state index contributed by atoms with van der Waals surface area (Å²) in [6.45, 7) is 5.80. The Morgan fingerprint density at radius 2 is 1.61 bits per heavy atom. The van der Waals surface area contributed by atoms with E-state index in [-0.39, 0.29) is 11.6 Å². The molecule has 0 aliphatic heterocycles. The Labute approximate surface area is 110 Å². The van der Waals surface area contributed by atoms with Crippen LogP contribution < -0.4 is 10.6 Å². The van der Waals surface area contributed by atoms with Crippen LogP contribution in [0.4, 0.5) is 4.79 Å². The van der Waals surface area contributed by atoms with Gasteiger partial charge in [-0.1, -0.05) is 32.1 Å². The van der Waals surface area contributed by atoms with Crippen molar-refractivity contribution in [3.8, 4) is 6.07 Å². The van der Waals surface area contributed by atoms with Gasteiger partial charge in [-0.15, -0.1) is 0 Å². The zero-order valence-electron chi connectivity index (χ0n) is 11.8. The summed E-state index contributed by atoms with van der Waals surface area (Å²) < 4.78 is 0. The maximum atomic E-state index is 11.9. The van der Waals surface area contributed by atoms with E-state index < -0.39 is 5.54 Å². The van der Waals surface area contributed by atoms with Gasteiger partial charge in [-0.25, -0.2) is 4.79 Å². The molecule has 4 heteroatoms. The Bertz CT molecular complexity index is 317. The second-order valence-electron chi connectivity index (χ2n) is 6.29. The van der Waals surface area contributed by atoms with Crippen LogP contribution in [0, 0.1) is 11.3 Å². The highest BCUT2D eigenvalue weighted by Gasteiger charge is 2.32. The van der Waals surface area contributed by atoms with E-state index in [1.54, 1.807) is 0 Å². The predicted octanol–water partition coefficient (Wildman–Crippen LogP) is 3.09. The number of nitriles is 1. The molecular formula is C14H25N3O. The highest BCUT2D eigenvalue weighted by atomic mass is 16.2. The van der Waals surface area contributed by atoms with Crippen LogP contribution in [0.1, 0.15) is 65.7 Å². The molecule has 0 atom stereocenters. The molecule has 0 aromatic carbocycles. The molecule has 0 heterocycles. The van der Waals surface area contributed by atoms with Crippen LogP contribution in [0.5, 0.6) is 0 Å². The maximum Gasteiger partial charge on any atom is 0.316 e. The first-order valence-corrected chi connectivity index (χ1v) is 6.88. The molecule has 2 amide bonds. The summed E-state index contributed by atoms with van der Waals surface area (Å²) in [5.74, 6) is 0. The van der Waals surface area contributed by atoms with E-state index in [0.717, 1.165) is 38.5 Å². The molecule has 0 spiro atoms. The Morgan fingerprint density at radius 1 is 1.11 bits per heavy atom. The SMILES string of the molecule is CC(C)(C)NC(=O)NC1(C#N)CCCCCCC1. The number of urea groups is 1. The molecule has 1 saturated carbocycles. The molecule has 2 N–H and O–H groups in total. The molecular weight excluding hydrogens is 226 g/mol. The number of carbonyl (C=O) groups is 1. The Morgan fingerprint density at radius 3 is 2.06 bits per heavy atom. The van der Waals surface area contributed by atoms with Crippen molar-refractivity contribution in [3.05, 3.63) is 0 Å². The van der Waals surface area contributed by atoms with Gasteiger partial charge in [0.05, 0.1) is 6.07 Å². The molecule has 1 aliphatic rings. The number of carbonyl (C=O) groups excluding carboxylic acids is 1. The molecule has 102 valence electrons. The molecule has 1 rings (SSSR count). The van der Waals surface area contributed by atoms with Crippen LogP contribution in [-0.4, -0.2) is 17.1 Å². The Balaban J connectivity index is 2.63. The molecule has 0 bridgehead atoms. The fraction of sp³-hybridized carbons (Fsp3) is 0.857. The standard InChI is InChI=1S/C14H25N3O/c1-13(2,3)16-12(18)17-14(11-15)9-7-5-4-6-8-10-14/h4-10H2,1-3H3,(H2,16,17,18). The summed E-state index contributed by atoms with van der Waals surface area (Å²) in [5, 5.41) is 15.2. The first-order valence-electron chi connectivity index (χ1n) is 6.88. The van der Waals surface area contributed by atoms with Crippen molar-refractivity contribution < 1.29 is 4.79 Å². The Hall–Kier alpha value is -1.24. The Kier molecular flexibility index (Phi) is 5.01. The number of nitrogens with one attached hydrogen (secondary N) is 2. The summed E-state index contributed by atoms with van der Waals surface area (Å²) in [6, 6.07) is 2.10. The van der Waals surface area contributed by atoms with Crippen LogP contribution in [0.2, 0.25) is 0 Å². The fourth-order valence-electron chi connectivity index (χ4n) is 2.36. The minimum atomic E-state index is -0.671. The third kappa shape index (κ3) is 4.95. The maximum absolute atomic E-state index is 11.9. The second kappa shape index (κ2) is 6.08. The number of rotatable bonds is 1. The molecule has 0 aromatic heterocycles. The predicted molar refractivity (Wildman–Crippen MR) is 72.1 cm³/mol. The second-order valence-corrected chi connectivity index (χ2v) is 6.29. The van der Waals surface area contributed by atoms with E-state index in [0.29, 0.717) is 0 Å². The van der Waals surface area contributed by atoms with Crippen LogP contribution in [0.25, 0.3) is 0 Å². The number of nitrogens with zero attached hydrogens (tertiary/aromatic N) is 1. The molecule has 0 radical (unpaired) electrons. The lowest BCUT2D eigenvalue weighted by atomic mass is 9.85.